The summed E-state index contributed by atoms with van der Waals surface area (Å²) >= 11 is 3.09. The second-order valence-electron chi connectivity index (χ2n) is 3.86. The molecule has 92 valence electrons. The van der Waals surface area contributed by atoms with Crippen molar-refractivity contribution in [3.05, 3.63) is 52.1 Å². The third kappa shape index (κ3) is 2.39. The van der Waals surface area contributed by atoms with Crippen molar-refractivity contribution in [2.24, 2.45) is 0 Å². The fourth-order valence-corrected chi connectivity index (χ4v) is 2.09. The summed E-state index contributed by atoms with van der Waals surface area (Å²) < 4.78 is 19.2. The van der Waals surface area contributed by atoms with Crippen LogP contribution in [-0.4, -0.2) is 7.05 Å². The second kappa shape index (κ2) is 5.23. The van der Waals surface area contributed by atoms with E-state index < -0.39 is 5.82 Å². The molecule has 0 saturated heterocycles. The zero-order valence-electron chi connectivity index (χ0n) is 9.65. The fourth-order valence-electron chi connectivity index (χ4n) is 1.66. The van der Waals surface area contributed by atoms with Crippen molar-refractivity contribution in [2.45, 2.75) is 6.54 Å². The predicted molar refractivity (Wildman–Crippen MR) is 69.6 cm³/mol. The molecule has 0 aliphatic heterocycles. The van der Waals surface area contributed by atoms with Crippen molar-refractivity contribution < 1.29 is 8.81 Å². The molecule has 0 bridgehead atoms. The van der Waals surface area contributed by atoms with E-state index in [1.165, 1.54) is 0 Å². The van der Waals surface area contributed by atoms with Gasteiger partial charge in [0, 0.05) is 19.2 Å². The van der Waals surface area contributed by atoms with E-state index in [0.717, 1.165) is 5.56 Å². The molecule has 0 atom stereocenters. The molecule has 0 spiro atoms. The molecule has 18 heavy (non-hydrogen) atoms. The zero-order chi connectivity index (χ0) is 13.1. The fraction of sp³-hybridized carbons (Fsp3) is 0.154. The van der Waals surface area contributed by atoms with E-state index in [9.17, 15) is 4.39 Å². The van der Waals surface area contributed by atoms with Crippen molar-refractivity contribution in [3.63, 3.8) is 0 Å². The number of furan rings is 1. The summed E-state index contributed by atoms with van der Waals surface area (Å²) in [5.41, 5.74) is 1.67. The summed E-state index contributed by atoms with van der Waals surface area (Å²) in [6.45, 7) is 0.533. The van der Waals surface area contributed by atoms with Crippen LogP contribution in [0.5, 0.6) is 0 Å². The average molecular weight is 309 g/mol. The lowest BCUT2D eigenvalue weighted by atomic mass is 10.2. The van der Waals surface area contributed by atoms with Gasteiger partial charge >= 0.3 is 0 Å². The van der Waals surface area contributed by atoms with Gasteiger partial charge in [0.05, 0.1) is 28.2 Å². The first-order valence-electron chi connectivity index (χ1n) is 5.23. The maximum Gasteiger partial charge on any atom is 0.161 e. The van der Waals surface area contributed by atoms with Crippen LogP contribution in [0, 0.1) is 17.1 Å². The van der Waals surface area contributed by atoms with Crippen LogP contribution in [0.3, 0.4) is 0 Å². The van der Waals surface area contributed by atoms with Crippen LogP contribution < -0.4 is 4.90 Å². The van der Waals surface area contributed by atoms with Crippen LogP contribution in [-0.2, 0) is 6.54 Å². The maximum atomic E-state index is 14.1. The molecular weight excluding hydrogens is 299 g/mol. The summed E-state index contributed by atoms with van der Waals surface area (Å²) in [5, 5.41) is 8.81. The van der Waals surface area contributed by atoms with Crippen LogP contribution >= 0.6 is 15.9 Å². The van der Waals surface area contributed by atoms with Crippen molar-refractivity contribution in [3.8, 4) is 6.07 Å². The molecule has 2 rings (SSSR count). The molecule has 0 radical (unpaired) electrons. The minimum absolute atomic E-state index is 0.196. The van der Waals surface area contributed by atoms with E-state index in [0.29, 0.717) is 12.2 Å². The van der Waals surface area contributed by atoms with E-state index in [1.54, 1.807) is 36.6 Å². The smallest absolute Gasteiger partial charge is 0.161 e. The Morgan fingerprint density at radius 3 is 2.83 bits per heavy atom. The Morgan fingerprint density at radius 2 is 2.22 bits per heavy atom. The number of nitrogens with zero attached hydrogens (tertiary/aromatic N) is 2. The Hall–Kier alpha value is -1.80. The van der Waals surface area contributed by atoms with Crippen molar-refractivity contribution in [2.75, 3.05) is 11.9 Å². The number of rotatable bonds is 3. The van der Waals surface area contributed by atoms with Gasteiger partial charge in [-0.3, -0.25) is 0 Å². The molecule has 1 aromatic carbocycles. The van der Waals surface area contributed by atoms with Crippen LogP contribution in [0.1, 0.15) is 11.1 Å². The van der Waals surface area contributed by atoms with Crippen molar-refractivity contribution in [1.29, 1.82) is 5.26 Å². The summed E-state index contributed by atoms with van der Waals surface area (Å²) in [5.74, 6) is -0.431. The van der Waals surface area contributed by atoms with E-state index in [2.05, 4.69) is 15.9 Å². The lowest BCUT2D eigenvalue weighted by molar-refractivity contribution is 0.563. The monoisotopic (exact) mass is 308 g/mol. The highest BCUT2D eigenvalue weighted by atomic mass is 79.9. The number of hydrogen-bond acceptors (Lipinski definition) is 3. The molecule has 0 fully saturated rings. The Labute approximate surface area is 113 Å². The first-order chi connectivity index (χ1) is 8.63. The zero-order valence-corrected chi connectivity index (χ0v) is 11.2. The first-order valence-corrected chi connectivity index (χ1v) is 6.03. The van der Waals surface area contributed by atoms with Gasteiger partial charge in [-0.05, 0) is 34.1 Å². The van der Waals surface area contributed by atoms with Gasteiger partial charge in [0.25, 0.3) is 0 Å². The van der Waals surface area contributed by atoms with Crippen molar-refractivity contribution >= 4 is 21.6 Å². The second-order valence-corrected chi connectivity index (χ2v) is 4.65. The number of anilines is 1. The number of benzene rings is 1. The average Bonchev–Trinajstić information content (AvgIpc) is 2.85. The lowest BCUT2D eigenvalue weighted by Crippen LogP contribution is -2.17. The van der Waals surface area contributed by atoms with E-state index in [1.807, 2.05) is 12.1 Å². The van der Waals surface area contributed by atoms with Gasteiger partial charge in [-0.1, -0.05) is 0 Å². The molecular formula is C13H10BrFN2O. The number of hydrogen-bond donors (Lipinski definition) is 0. The van der Waals surface area contributed by atoms with Gasteiger partial charge in [0.1, 0.15) is 6.07 Å². The first kappa shape index (κ1) is 12.7. The largest absolute Gasteiger partial charge is 0.472 e. The molecule has 2 aromatic rings. The van der Waals surface area contributed by atoms with Crippen molar-refractivity contribution in [1.82, 2.24) is 0 Å². The van der Waals surface area contributed by atoms with Gasteiger partial charge in [-0.25, -0.2) is 4.39 Å². The van der Waals surface area contributed by atoms with Gasteiger partial charge in [0.15, 0.2) is 5.82 Å². The quantitative estimate of drug-likeness (QED) is 0.868. The van der Waals surface area contributed by atoms with Gasteiger partial charge in [-0.2, -0.15) is 5.26 Å². The molecule has 0 aliphatic carbocycles. The van der Waals surface area contributed by atoms with Crippen LogP contribution in [0.4, 0.5) is 10.1 Å². The Balaban J connectivity index is 2.29. The van der Waals surface area contributed by atoms with Gasteiger partial charge < -0.3 is 9.32 Å². The molecule has 1 heterocycles. The maximum absolute atomic E-state index is 14.1. The standard InChI is InChI=1S/C13H10BrFN2O/c1-17(7-9-4-5-18-8-9)11-3-2-10(6-16)12(14)13(11)15/h2-5,8H,7H2,1H3. The minimum Gasteiger partial charge on any atom is -0.472 e. The third-order valence-electron chi connectivity index (χ3n) is 2.59. The molecule has 0 aliphatic rings. The number of halogens is 2. The van der Waals surface area contributed by atoms with E-state index in [-0.39, 0.29) is 10.0 Å². The predicted octanol–water partition coefficient (Wildman–Crippen LogP) is 3.69. The Bertz CT molecular complexity index is 590. The minimum atomic E-state index is -0.431. The highest BCUT2D eigenvalue weighted by molar-refractivity contribution is 9.10. The molecule has 0 amide bonds. The molecule has 0 saturated carbocycles. The van der Waals surface area contributed by atoms with Gasteiger partial charge in [0.2, 0.25) is 0 Å². The Kier molecular flexibility index (Phi) is 3.68. The molecule has 0 unspecified atom stereocenters. The summed E-state index contributed by atoms with van der Waals surface area (Å²) in [7, 11) is 1.78. The van der Waals surface area contributed by atoms with E-state index >= 15 is 0 Å². The Morgan fingerprint density at radius 1 is 1.44 bits per heavy atom. The molecule has 3 nitrogen and oxygen atoms in total. The van der Waals surface area contributed by atoms with Crippen LogP contribution in [0.15, 0.2) is 39.6 Å². The molecule has 5 heteroatoms. The highest BCUT2D eigenvalue weighted by Gasteiger charge is 2.14. The third-order valence-corrected chi connectivity index (χ3v) is 3.37. The summed E-state index contributed by atoms with van der Waals surface area (Å²) in [6.07, 6.45) is 3.20. The van der Waals surface area contributed by atoms with Crippen LogP contribution in [0.2, 0.25) is 0 Å². The summed E-state index contributed by atoms with van der Waals surface area (Å²) in [4.78, 5) is 1.76. The normalized spacial score (nSPS) is 10.1. The molecule has 0 N–H and O–H groups in total. The summed E-state index contributed by atoms with van der Waals surface area (Å²) in [6, 6.07) is 6.94. The van der Waals surface area contributed by atoms with E-state index in [4.69, 9.17) is 9.68 Å². The lowest BCUT2D eigenvalue weighted by Gasteiger charge is -2.19. The SMILES string of the molecule is CN(Cc1ccoc1)c1ccc(C#N)c(Br)c1F. The topological polar surface area (TPSA) is 40.2 Å². The molecule has 1 aromatic heterocycles. The number of nitriles is 1. The van der Waals surface area contributed by atoms with Gasteiger partial charge in [-0.15, -0.1) is 0 Å². The van der Waals surface area contributed by atoms with Crippen LogP contribution in [0.25, 0.3) is 0 Å². The highest BCUT2D eigenvalue weighted by Crippen LogP contribution is 2.29.